The van der Waals surface area contributed by atoms with E-state index in [-0.39, 0.29) is 41.8 Å². The number of rotatable bonds is 6. The van der Waals surface area contributed by atoms with E-state index in [4.69, 9.17) is 14.2 Å². The van der Waals surface area contributed by atoms with Crippen molar-refractivity contribution in [2.24, 2.45) is 4.99 Å². The number of aliphatic imine (C=N–C) groups is 1. The van der Waals surface area contributed by atoms with Gasteiger partial charge in [0.2, 0.25) is 12.7 Å². The van der Waals surface area contributed by atoms with E-state index in [2.05, 4.69) is 15.0 Å². The van der Waals surface area contributed by atoms with Crippen LogP contribution in [0.1, 0.15) is 30.4 Å². The van der Waals surface area contributed by atoms with Gasteiger partial charge in [-0.25, -0.2) is 8.42 Å². The summed E-state index contributed by atoms with van der Waals surface area (Å²) in [7, 11) is -3.59. The number of carbonyl (C=O) groups excluding carboxylic acids is 1. The average molecular weight is 472 g/mol. The molecule has 0 saturated carbocycles. The quantitative estimate of drug-likeness (QED) is 0.663. The lowest BCUT2D eigenvalue weighted by atomic mass is 9.74. The molecule has 0 spiro atoms. The maximum Gasteiger partial charge on any atom is 0.263 e. The van der Waals surface area contributed by atoms with Crippen LogP contribution in [0.15, 0.2) is 52.4 Å². The van der Waals surface area contributed by atoms with Crippen LogP contribution in [0, 0.1) is 0 Å². The monoisotopic (exact) mass is 471 g/mol. The van der Waals surface area contributed by atoms with Crippen molar-refractivity contribution in [3.8, 4) is 11.5 Å². The molecule has 174 valence electrons. The van der Waals surface area contributed by atoms with Gasteiger partial charge in [-0.05, 0) is 42.7 Å². The number of fused-ring (bicyclic) bond motifs is 2. The largest absolute Gasteiger partial charge is 0.454 e. The number of amidine groups is 1. The number of benzene rings is 2. The summed E-state index contributed by atoms with van der Waals surface area (Å²) in [6.07, 6.45) is 1.72. The highest BCUT2D eigenvalue weighted by atomic mass is 32.2. The van der Waals surface area contributed by atoms with Gasteiger partial charge in [0, 0.05) is 37.2 Å². The van der Waals surface area contributed by atoms with Crippen molar-refractivity contribution >= 4 is 21.8 Å². The molecule has 1 amide bonds. The normalized spacial score (nSPS) is 20.8. The summed E-state index contributed by atoms with van der Waals surface area (Å²) in [4.78, 5) is 17.1. The van der Waals surface area contributed by atoms with Crippen LogP contribution in [-0.4, -0.2) is 53.3 Å². The number of sulfonamides is 1. The highest BCUT2D eigenvalue weighted by Gasteiger charge is 2.36. The van der Waals surface area contributed by atoms with E-state index in [0.29, 0.717) is 25.3 Å². The molecule has 5 rings (SSSR count). The van der Waals surface area contributed by atoms with Gasteiger partial charge in [0.1, 0.15) is 5.84 Å². The molecule has 0 bridgehead atoms. The molecular formula is C23H25N3O6S. The fraction of sp³-hybridized carbons (Fsp3) is 0.391. The van der Waals surface area contributed by atoms with E-state index in [1.807, 2.05) is 18.2 Å². The molecule has 3 aliphatic rings. The van der Waals surface area contributed by atoms with Crippen molar-refractivity contribution in [2.75, 3.05) is 33.1 Å². The zero-order valence-electron chi connectivity index (χ0n) is 18.0. The van der Waals surface area contributed by atoms with Gasteiger partial charge in [-0.15, -0.1) is 0 Å². The van der Waals surface area contributed by atoms with Gasteiger partial charge in [0.15, 0.2) is 11.5 Å². The lowest BCUT2D eigenvalue weighted by molar-refractivity contribution is -0.121. The van der Waals surface area contributed by atoms with Crippen LogP contribution in [0.4, 0.5) is 0 Å². The summed E-state index contributed by atoms with van der Waals surface area (Å²) < 4.78 is 43.3. The second kappa shape index (κ2) is 8.68. The van der Waals surface area contributed by atoms with Gasteiger partial charge in [0.05, 0.1) is 11.4 Å². The number of ether oxygens (including phenoxy) is 3. The Morgan fingerprint density at radius 2 is 1.88 bits per heavy atom. The predicted molar refractivity (Wildman–Crippen MR) is 120 cm³/mol. The molecule has 2 aromatic carbocycles. The SMILES string of the molecule is O=C(CCN=C1NS(=O)(=O)c2ccccc21)NCC1(c2ccc3c(c2)OCO3)CCOCC1. The first-order valence-corrected chi connectivity index (χ1v) is 12.4. The van der Waals surface area contributed by atoms with Crippen molar-refractivity contribution in [1.29, 1.82) is 0 Å². The molecule has 1 fully saturated rings. The fourth-order valence-electron chi connectivity index (χ4n) is 4.43. The average Bonchev–Trinajstić information content (AvgIpc) is 3.40. The Bertz CT molecular complexity index is 1200. The van der Waals surface area contributed by atoms with Crippen molar-refractivity contribution in [3.05, 3.63) is 53.6 Å². The van der Waals surface area contributed by atoms with Gasteiger partial charge in [-0.2, -0.15) is 0 Å². The molecular weight excluding hydrogens is 446 g/mol. The zero-order chi connectivity index (χ0) is 22.9. The van der Waals surface area contributed by atoms with Gasteiger partial charge in [0.25, 0.3) is 10.0 Å². The molecule has 0 radical (unpaired) electrons. The third-order valence-corrected chi connectivity index (χ3v) is 7.73. The van der Waals surface area contributed by atoms with Crippen molar-refractivity contribution in [1.82, 2.24) is 10.0 Å². The maximum absolute atomic E-state index is 12.6. The van der Waals surface area contributed by atoms with Crippen LogP contribution in [0.25, 0.3) is 0 Å². The number of carbonyl (C=O) groups is 1. The molecule has 0 aromatic heterocycles. The molecule has 3 heterocycles. The minimum absolute atomic E-state index is 0.139. The Kier molecular flexibility index (Phi) is 5.71. The van der Waals surface area contributed by atoms with Gasteiger partial charge >= 0.3 is 0 Å². The molecule has 0 unspecified atom stereocenters. The van der Waals surface area contributed by atoms with Gasteiger partial charge < -0.3 is 19.5 Å². The van der Waals surface area contributed by atoms with Crippen LogP contribution >= 0.6 is 0 Å². The van der Waals surface area contributed by atoms with Crippen LogP contribution in [0.3, 0.4) is 0 Å². The minimum Gasteiger partial charge on any atom is -0.454 e. The Labute approximate surface area is 192 Å². The number of hydrogen-bond acceptors (Lipinski definition) is 7. The van der Waals surface area contributed by atoms with Crippen LogP contribution < -0.4 is 19.5 Å². The summed E-state index contributed by atoms with van der Waals surface area (Å²) in [5, 5.41) is 3.05. The van der Waals surface area contributed by atoms with Crippen molar-refractivity contribution < 1.29 is 27.4 Å². The maximum atomic E-state index is 12.6. The third-order valence-electron chi connectivity index (χ3n) is 6.33. The van der Waals surface area contributed by atoms with Crippen molar-refractivity contribution in [2.45, 2.75) is 29.6 Å². The fourth-order valence-corrected chi connectivity index (χ4v) is 5.68. The van der Waals surface area contributed by atoms with Crippen molar-refractivity contribution in [3.63, 3.8) is 0 Å². The lowest BCUT2D eigenvalue weighted by Gasteiger charge is -2.38. The van der Waals surface area contributed by atoms with Crippen LogP contribution in [-0.2, 0) is 25.0 Å². The lowest BCUT2D eigenvalue weighted by Crippen LogP contribution is -2.44. The molecule has 0 atom stereocenters. The number of nitrogens with one attached hydrogen (secondary N) is 2. The summed E-state index contributed by atoms with van der Waals surface area (Å²) in [6.45, 7) is 2.11. The topological polar surface area (TPSA) is 115 Å². The first-order valence-electron chi connectivity index (χ1n) is 10.9. The third kappa shape index (κ3) is 4.28. The summed E-state index contributed by atoms with van der Waals surface area (Å²) >= 11 is 0. The zero-order valence-corrected chi connectivity index (χ0v) is 18.8. The molecule has 1 saturated heterocycles. The number of nitrogens with zero attached hydrogens (tertiary/aromatic N) is 1. The Morgan fingerprint density at radius 3 is 2.73 bits per heavy atom. The number of amides is 1. The second-order valence-corrected chi connectivity index (χ2v) is 9.97. The van der Waals surface area contributed by atoms with Crippen LogP contribution in [0.5, 0.6) is 11.5 Å². The molecule has 33 heavy (non-hydrogen) atoms. The molecule has 3 aliphatic heterocycles. The Balaban J connectivity index is 1.23. The summed E-state index contributed by atoms with van der Waals surface area (Å²) in [5.41, 5.74) is 1.37. The first-order chi connectivity index (χ1) is 16.0. The molecule has 2 N–H and O–H groups in total. The highest BCUT2D eigenvalue weighted by molar-refractivity contribution is 7.90. The second-order valence-electron chi connectivity index (χ2n) is 8.32. The summed E-state index contributed by atoms with van der Waals surface area (Å²) in [6, 6.07) is 12.6. The van der Waals surface area contributed by atoms with Gasteiger partial charge in [-0.1, -0.05) is 18.2 Å². The molecule has 0 aliphatic carbocycles. The van der Waals surface area contributed by atoms with Crippen LogP contribution in [0.2, 0.25) is 0 Å². The smallest absolute Gasteiger partial charge is 0.263 e. The minimum atomic E-state index is -3.59. The van der Waals surface area contributed by atoms with E-state index in [1.165, 1.54) is 6.07 Å². The highest BCUT2D eigenvalue weighted by Crippen LogP contribution is 2.40. The van der Waals surface area contributed by atoms with Gasteiger partial charge in [-0.3, -0.25) is 14.5 Å². The van der Waals surface area contributed by atoms with E-state index in [0.717, 1.165) is 29.9 Å². The number of hydrogen-bond donors (Lipinski definition) is 2. The molecule has 9 nitrogen and oxygen atoms in total. The first kappa shape index (κ1) is 21.7. The predicted octanol–water partition coefficient (Wildman–Crippen LogP) is 1.71. The van der Waals surface area contributed by atoms with E-state index in [1.54, 1.807) is 18.2 Å². The Hall–Kier alpha value is -3.11. The van der Waals surface area contributed by atoms with E-state index >= 15 is 0 Å². The Morgan fingerprint density at radius 1 is 1.09 bits per heavy atom. The van der Waals surface area contributed by atoms with E-state index < -0.39 is 10.0 Å². The standard InChI is InChI=1S/C23H25N3O6S/c27-21(7-10-24-22-17-3-1-2-4-20(17)33(28,29)26-22)25-14-23(8-11-30-12-9-23)16-5-6-18-19(13-16)32-15-31-18/h1-6,13H,7-12,14-15H2,(H,24,26)(H,25,27). The molecule has 10 heteroatoms. The summed E-state index contributed by atoms with van der Waals surface area (Å²) in [5.74, 6) is 1.59. The van der Waals surface area contributed by atoms with E-state index in [9.17, 15) is 13.2 Å². The molecule has 2 aromatic rings.